The minimum atomic E-state index is -0.843. The van der Waals surface area contributed by atoms with Crippen molar-refractivity contribution in [2.75, 3.05) is 13.2 Å². The first kappa shape index (κ1) is 85.6. The summed E-state index contributed by atoms with van der Waals surface area (Å²) in [5, 5.41) is 23.3. The Hall–Kier alpha value is -1.40. The molecular formula is C81H159NO5. The molecule has 2 atom stereocenters. The molecule has 0 saturated heterocycles. The molecule has 3 N–H and O–H groups in total. The molecule has 518 valence electrons. The van der Waals surface area contributed by atoms with Gasteiger partial charge in [0.25, 0.3) is 0 Å². The van der Waals surface area contributed by atoms with Crippen LogP contribution in [0.5, 0.6) is 0 Å². The lowest BCUT2D eigenvalue weighted by atomic mass is 10.0. The van der Waals surface area contributed by atoms with Gasteiger partial charge < -0.3 is 20.3 Å². The molecule has 0 saturated carbocycles. The van der Waals surface area contributed by atoms with Crippen molar-refractivity contribution in [3.05, 3.63) is 12.2 Å². The van der Waals surface area contributed by atoms with E-state index in [1.807, 2.05) is 6.08 Å². The fourth-order valence-corrected chi connectivity index (χ4v) is 13.2. The average molecular weight is 1230 g/mol. The lowest BCUT2D eigenvalue weighted by molar-refractivity contribution is -0.143. The second-order valence-electron chi connectivity index (χ2n) is 28.1. The second kappa shape index (κ2) is 77.1. The zero-order valence-corrected chi connectivity index (χ0v) is 59.5. The molecule has 0 spiro atoms. The number of nitrogens with one attached hydrogen (secondary N) is 1. The Morgan fingerprint density at radius 2 is 0.529 bits per heavy atom. The highest BCUT2D eigenvalue weighted by atomic mass is 16.5. The molecule has 0 aliphatic carbocycles. The third kappa shape index (κ3) is 73.5. The first-order valence-electron chi connectivity index (χ1n) is 40.5. The van der Waals surface area contributed by atoms with Gasteiger partial charge in [0.15, 0.2) is 0 Å². The van der Waals surface area contributed by atoms with Crippen molar-refractivity contribution in [1.82, 2.24) is 5.32 Å². The molecule has 2 unspecified atom stereocenters. The number of carbonyl (C=O) groups excluding carboxylic acids is 2. The van der Waals surface area contributed by atoms with Crippen molar-refractivity contribution in [3.63, 3.8) is 0 Å². The molecule has 6 heteroatoms. The number of unbranched alkanes of at least 4 members (excludes halogenated alkanes) is 66. The van der Waals surface area contributed by atoms with Crippen LogP contribution in [-0.4, -0.2) is 47.4 Å². The largest absolute Gasteiger partial charge is 0.466 e. The summed E-state index contributed by atoms with van der Waals surface area (Å²) in [6.45, 7) is 4.97. The maximum atomic E-state index is 12.6. The van der Waals surface area contributed by atoms with Gasteiger partial charge in [-0.1, -0.05) is 437 Å². The first-order valence-corrected chi connectivity index (χ1v) is 40.5. The predicted molar refractivity (Wildman–Crippen MR) is 384 cm³/mol. The van der Waals surface area contributed by atoms with E-state index in [-0.39, 0.29) is 18.5 Å². The van der Waals surface area contributed by atoms with Gasteiger partial charge in [-0.05, 0) is 32.1 Å². The van der Waals surface area contributed by atoms with E-state index in [0.29, 0.717) is 19.4 Å². The number of aliphatic hydroxyl groups excluding tert-OH is 2. The van der Waals surface area contributed by atoms with Gasteiger partial charge in [0, 0.05) is 12.8 Å². The Balaban J connectivity index is 3.35. The monoisotopic (exact) mass is 1230 g/mol. The quantitative estimate of drug-likeness (QED) is 0.0320. The van der Waals surface area contributed by atoms with Crippen molar-refractivity contribution in [2.45, 2.75) is 482 Å². The number of allylic oxidation sites excluding steroid dienone is 1. The molecule has 0 aromatic carbocycles. The van der Waals surface area contributed by atoms with Gasteiger partial charge in [0.1, 0.15) is 0 Å². The molecule has 0 fully saturated rings. The van der Waals surface area contributed by atoms with Gasteiger partial charge in [-0.15, -0.1) is 0 Å². The Labute approximate surface area is 546 Å². The zero-order chi connectivity index (χ0) is 62.8. The number of ether oxygens (including phenoxy) is 1. The predicted octanol–water partition coefficient (Wildman–Crippen LogP) is 26.7. The molecule has 6 nitrogen and oxygen atoms in total. The molecule has 0 aromatic heterocycles. The Kier molecular flexibility index (Phi) is 75.8. The third-order valence-corrected chi connectivity index (χ3v) is 19.3. The SMILES string of the molecule is CCCCCCCCCCCCCCCCCCCCCCCC/C=C/C(O)C(CO)NC(=O)CCCCCCCCCCCCCCCCCCCCCCCCCCCCCCCCOC(=O)CCCCCCCCCCCCCCCCCC. The topological polar surface area (TPSA) is 95.9 Å². The summed E-state index contributed by atoms with van der Waals surface area (Å²) in [6, 6.07) is -0.626. The van der Waals surface area contributed by atoms with Crippen LogP contribution in [-0.2, 0) is 14.3 Å². The van der Waals surface area contributed by atoms with Crippen molar-refractivity contribution in [1.29, 1.82) is 0 Å². The normalized spacial score (nSPS) is 12.5. The van der Waals surface area contributed by atoms with Crippen molar-refractivity contribution in [2.24, 2.45) is 0 Å². The van der Waals surface area contributed by atoms with Gasteiger partial charge in [0.2, 0.25) is 5.91 Å². The standard InChI is InChI=1S/C81H159NO5/c1-3-5-7-9-11-13-15-17-19-21-22-23-24-33-36-39-42-45-49-53-57-61-65-69-73-79(84)78(77-83)82-80(85)74-70-66-62-58-54-50-46-43-40-37-34-31-29-27-25-26-28-30-32-35-38-41-44-48-52-56-60-64-68-72-76-87-81(86)75-71-67-63-59-55-51-47-20-18-16-14-12-10-8-6-4-2/h69,73,78-79,83-84H,3-68,70-72,74-77H2,1-2H3,(H,82,85)/b73-69+. The third-order valence-electron chi connectivity index (χ3n) is 19.3. The van der Waals surface area contributed by atoms with E-state index >= 15 is 0 Å². The van der Waals surface area contributed by atoms with Crippen LogP contribution < -0.4 is 5.32 Å². The van der Waals surface area contributed by atoms with Crippen LogP contribution in [0.3, 0.4) is 0 Å². The number of amides is 1. The lowest BCUT2D eigenvalue weighted by Crippen LogP contribution is -2.45. The van der Waals surface area contributed by atoms with Crippen LogP contribution in [0.1, 0.15) is 470 Å². The molecule has 87 heavy (non-hydrogen) atoms. The van der Waals surface area contributed by atoms with Crippen molar-refractivity contribution in [3.8, 4) is 0 Å². The van der Waals surface area contributed by atoms with E-state index < -0.39 is 12.1 Å². The number of carbonyl (C=O) groups is 2. The first-order chi connectivity index (χ1) is 43.0. The van der Waals surface area contributed by atoms with Gasteiger partial charge in [0.05, 0.1) is 25.4 Å². The molecule has 0 heterocycles. The number of aliphatic hydroxyl groups is 2. The molecule has 0 aliphatic rings. The van der Waals surface area contributed by atoms with E-state index in [1.54, 1.807) is 6.08 Å². The highest BCUT2D eigenvalue weighted by molar-refractivity contribution is 5.76. The smallest absolute Gasteiger partial charge is 0.305 e. The number of esters is 1. The summed E-state index contributed by atoms with van der Waals surface area (Å²) < 4.78 is 5.51. The maximum Gasteiger partial charge on any atom is 0.305 e. The van der Waals surface area contributed by atoms with Crippen LogP contribution in [0.25, 0.3) is 0 Å². The molecule has 0 rings (SSSR count). The molecular weight excluding hydrogens is 1070 g/mol. The Morgan fingerprint density at radius 3 is 0.782 bits per heavy atom. The lowest BCUT2D eigenvalue weighted by Gasteiger charge is -2.20. The summed E-state index contributed by atoms with van der Waals surface area (Å²) in [5.74, 6) is -0.0335. The number of hydrogen-bond acceptors (Lipinski definition) is 5. The van der Waals surface area contributed by atoms with Crippen molar-refractivity contribution >= 4 is 11.9 Å². The molecule has 0 bridgehead atoms. The minimum Gasteiger partial charge on any atom is -0.466 e. The van der Waals surface area contributed by atoms with E-state index in [9.17, 15) is 19.8 Å². The molecule has 1 amide bonds. The molecule has 0 aliphatic heterocycles. The van der Waals surface area contributed by atoms with Gasteiger partial charge in [-0.2, -0.15) is 0 Å². The van der Waals surface area contributed by atoms with Gasteiger partial charge in [-0.25, -0.2) is 0 Å². The zero-order valence-electron chi connectivity index (χ0n) is 59.5. The van der Waals surface area contributed by atoms with Crippen LogP contribution >= 0.6 is 0 Å². The van der Waals surface area contributed by atoms with Gasteiger partial charge in [-0.3, -0.25) is 9.59 Å². The number of hydrogen-bond donors (Lipinski definition) is 3. The maximum absolute atomic E-state index is 12.6. The summed E-state index contributed by atoms with van der Waals surface area (Å²) in [6.07, 6.45) is 97.7. The second-order valence-corrected chi connectivity index (χ2v) is 28.1. The van der Waals surface area contributed by atoms with E-state index in [4.69, 9.17) is 4.74 Å². The summed E-state index contributed by atoms with van der Waals surface area (Å²) in [7, 11) is 0. The van der Waals surface area contributed by atoms with E-state index in [0.717, 1.165) is 38.5 Å². The van der Waals surface area contributed by atoms with Crippen LogP contribution in [0.15, 0.2) is 12.2 Å². The van der Waals surface area contributed by atoms with Crippen LogP contribution in [0.2, 0.25) is 0 Å². The molecule has 0 radical (unpaired) electrons. The minimum absolute atomic E-state index is 0.0247. The van der Waals surface area contributed by atoms with Crippen LogP contribution in [0.4, 0.5) is 0 Å². The highest BCUT2D eigenvalue weighted by Gasteiger charge is 2.18. The van der Waals surface area contributed by atoms with E-state index in [1.165, 1.54) is 405 Å². The van der Waals surface area contributed by atoms with E-state index in [2.05, 4.69) is 19.2 Å². The highest BCUT2D eigenvalue weighted by Crippen LogP contribution is 2.20. The Morgan fingerprint density at radius 1 is 0.310 bits per heavy atom. The fourth-order valence-electron chi connectivity index (χ4n) is 13.2. The van der Waals surface area contributed by atoms with Crippen LogP contribution in [0, 0.1) is 0 Å². The summed E-state index contributed by atoms with van der Waals surface area (Å²) in [5.41, 5.74) is 0. The van der Waals surface area contributed by atoms with Crippen molar-refractivity contribution < 1.29 is 24.5 Å². The fraction of sp³-hybridized carbons (Fsp3) is 0.951. The summed E-state index contributed by atoms with van der Waals surface area (Å²) in [4.78, 5) is 24.7. The average Bonchev–Trinajstić information content (AvgIpc) is 3.54. The number of rotatable bonds is 77. The Bertz CT molecular complexity index is 1320. The molecule has 0 aromatic rings. The summed E-state index contributed by atoms with van der Waals surface area (Å²) >= 11 is 0. The van der Waals surface area contributed by atoms with Gasteiger partial charge >= 0.3 is 5.97 Å².